The Hall–Kier alpha value is -1.77. The maximum Gasteiger partial charge on any atom is 0.238 e. The zero-order chi connectivity index (χ0) is 19.2. The summed E-state index contributed by atoms with van der Waals surface area (Å²) in [6.45, 7) is 3.06. The van der Waals surface area contributed by atoms with Crippen molar-refractivity contribution in [3.63, 3.8) is 0 Å². The largest absolute Gasteiger partial charge is 0.354 e. The van der Waals surface area contributed by atoms with Crippen molar-refractivity contribution in [3.05, 3.63) is 29.8 Å². The third kappa shape index (κ3) is 6.39. The highest BCUT2D eigenvalue weighted by Gasteiger charge is 2.25. The number of hydrogen-bond donors (Lipinski definition) is 3. The molecule has 156 valence electrons. The molecule has 2 atom stereocenters. The summed E-state index contributed by atoms with van der Waals surface area (Å²) >= 11 is 0. The van der Waals surface area contributed by atoms with Gasteiger partial charge >= 0.3 is 0 Å². The molecule has 0 radical (unpaired) electrons. The number of nitrogens with one attached hydrogen (secondary N) is 3. The van der Waals surface area contributed by atoms with Gasteiger partial charge in [0.15, 0.2) is 0 Å². The lowest BCUT2D eigenvalue weighted by Gasteiger charge is -2.32. The van der Waals surface area contributed by atoms with Gasteiger partial charge in [-0.15, -0.1) is 12.4 Å². The Morgan fingerprint density at radius 3 is 2.79 bits per heavy atom. The second-order valence-electron chi connectivity index (χ2n) is 7.31. The predicted molar refractivity (Wildman–Crippen MR) is 105 cm³/mol. The van der Waals surface area contributed by atoms with Crippen LogP contribution in [0.4, 0.5) is 14.5 Å². The van der Waals surface area contributed by atoms with E-state index in [4.69, 9.17) is 0 Å². The van der Waals surface area contributed by atoms with Crippen LogP contribution in [0.5, 0.6) is 0 Å². The molecule has 0 aromatic heterocycles. The van der Waals surface area contributed by atoms with Crippen molar-refractivity contribution in [2.45, 2.75) is 31.7 Å². The van der Waals surface area contributed by atoms with E-state index in [2.05, 4.69) is 16.0 Å². The van der Waals surface area contributed by atoms with Crippen molar-refractivity contribution in [1.82, 2.24) is 15.5 Å². The first-order chi connectivity index (χ1) is 13.0. The molecule has 0 saturated carbocycles. The van der Waals surface area contributed by atoms with Crippen LogP contribution in [-0.4, -0.2) is 55.5 Å². The maximum absolute atomic E-state index is 13.6. The molecule has 2 fully saturated rings. The van der Waals surface area contributed by atoms with E-state index in [1.165, 1.54) is 0 Å². The van der Waals surface area contributed by atoms with Crippen molar-refractivity contribution < 1.29 is 18.4 Å². The number of carbonyl (C=O) groups is 2. The number of halogens is 3. The molecular formula is C19H27ClF2N4O2. The molecule has 28 heavy (non-hydrogen) atoms. The van der Waals surface area contributed by atoms with Crippen molar-refractivity contribution in [2.24, 2.45) is 5.92 Å². The first-order valence-electron chi connectivity index (χ1n) is 9.49. The van der Waals surface area contributed by atoms with Gasteiger partial charge in [-0.2, -0.15) is 0 Å². The highest BCUT2D eigenvalue weighted by molar-refractivity contribution is 5.92. The molecular weight excluding hydrogens is 390 g/mol. The number of likely N-dealkylation sites (tertiary alicyclic amines) is 1. The standard InChI is InChI=1S/C19H26F2N4O2.ClH/c20-14-5-6-15(21)17(9-14)24-18(26)12-25-8-2-3-13(11-25)10-23-19(27)16-4-1-7-22-16;/h5-6,9,13,16,22H,1-4,7-8,10-12H2,(H,23,27)(H,24,26);1H. The zero-order valence-corrected chi connectivity index (χ0v) is 16.5. The van der Waals surface area contributed by atoms with E-state index in [0.29, 0.717) is 13.1 Å². The second kappa shape index (κ2) is 10.7. The Bertz CT molecular complexity index is 686. The summed E-state index contributed by atoms with van der Waals surface area (Å²) in [4.78, 5) is 26.3. The molecule has 3 N–H and O–H groups in total. The van der Waals surface area contributed by atoms with Crippen molar-refractivity contribution in [1.29, 1.82) is 0 Å². The summed E-state index contributed by atoms with van der Waals surface area (Å²) in [7, 11) is 0. The molecule has 9 heteroatoms. The highest BCUT2D eigenvalue weighted by atomic mass is 35.5. The molecule has 2 amide bonds. The summed E-state index contributed by atoms with van der Waals surface area (Å²) in [5.41, 5.74) is -0.148. The van der Waals surface area contributed by atoms with E-state index >= 15 is 0 Å². The number of piperidine rings is 1. The number of rotatable bonds is 6. The lowest BCUT2D eigenvalue weighted by atomic mass is 9.98. The van der Waals surface area contributed by atoms with E-state index in [0.717, 1.165) is 57.0 Å². The summed E-state index contributed by atoms with van der Waals surface area (Å²) in [5, 5.41) is 8.61. The van der Waals surface area contributed by atoms with Gasteiger partial charge in [-0.3, -0.25) is 14.5 Å². The van der Waals surface area contributed by atoms with Gasteiger partial charge in [0.05, 0.1) is 18.3 Å². The smallest absolute Gasteiger partial charge is 0.238 e. The van der Waals surface area contributed by atoms with Crippen LogP contribution in [0.15, 0.2) is 18.2 Å². The van der Waals surface area contributed by atoms with E-state index < -0.39 is 11.6 Å². The number of benzene rings is 1. The van der Waals surface area contributed by atoms with Crippen LogP contribution in [-0.2, 0) is 9.59 Å². The summed E-state index contributed by atoms with van der Waals surface area (Å²) in [5.74, 6) is -1.31. The van der Waals surface area contributed by atoms with Crippen LogP contribution in [0.1, 0.15) is 25.7 Å². The van der Waals surface area contributed by atoms with Crippen LogP contribution in [0.2, 0.25) is 0 Å². The van der Waals surface area contributed by atoms with Gasteiger partial charge in [-0.05, 0) is 56.8 Å². The van der Waals surface area contributed by atoms with Gasteiger partial charge in [0.25, 0.3) is 0 Å². The topological polar surface area (TPSA) is 73.5 Å². The van der Waals surface area contributed by atoms with E-state index in [9.17, 15) is 18.4 Å². The quantitative estimate of drug-likeness (QED) is 0.662. The van der Waals surface area contributed by atoms with Crippen LogP contribution in [0, 0.1) is 17.6 Å². The molecule has 0 spiro atoms. The average Bonchev–Trinajstić information content (AvgIpc) is 3.18. The van der Waals surface area contributed by atoms with Gasteiger partial charge in [0.1, 0.15) is 11.6 Å². The summed E-state index contributed by atoms with van der Waals surface area (Å²) in [6.07, 6.45) is 3.83. The van der Waals surface area contributed by atoms with Crippen LogP contribution < -0.4 is 16.0 Å². The number of anilines is 1. The monoisotopic (exact) mass is 416 g/mol. The van der Waals surface area contributed by atoms with Gasteiger partial charge in [-0.25, -0.2) is 8.78 Å². The van der Waals surface area contributed by atoms with Gasteiger partial charge in [0, 0.05) is 19.2 Å². The Labute approximate surface area is 169 Å². The third-order valence-corrected chi connectivity index (χ3v) is 5.11. The number of carbonyl (C=O) groups excluding carboxylic acids is 2. The molecule has 3 rings (SSSR count). The van der Waals surface area contributed by atoms with Gasteiger partial charge < -0.3 is 16.0 Å². The van der Waals surface area contributed by atoms with E-state index in [1.807, 2.05) is 4.90 Å². The molecule has 6 nitrogen and oxygen atoms in total. The average molecular weight is 417 g/mol. The van der Waals surface area contributed by atoms with Crippen molar-refractivity contribution in [3.8, 4) is 0 Å². The number of hydrogen-bond acceptors (Lipinski definition) is 4. The molecule has 2 unspecified atom stereocenters. The summed E-state index contributed by atoms with van der Waals surface area (Å²) in [6, 6.07) is 2.88. The molecule has 1 aromatic carbocycles. The highest BCUT2D eigenvalue weighted by Crippen LogP contribution is 2.18. The lowest BCUT2D eigenvalue weighted by molar-refractivity contribution is -0.123. The predicted octanol–water partition coefficient (Wildman–Crippen LogP) is 1.91. The Kier molecular flexibility index (Phi) is 8.59. The molecule has 2 heterocycles. The molecule has 2 aliphatic heterocycles. The molecule has 0 bridgehead atoms. The minimum atomic E-state index is -0.662. The van der Waals surface area contributed by atoms with E-state index in [1.54, 1.807) is 0 Å². The van der Waals surface area contributed by atoms with Gasteiger partial charge in [0.2, 0.25) is 11.8 Å². The van der Waals surface area contributed by atoms with Crippen molar-refractivity contribution in [2.75, 3.05) is 38.0 Å². The molecule has 2 aliphatic rings. The number of amides is 2. The maximum atomic E-state index is 13.6. The van der Waals surface area contributed by atoms with Crippen LogP contribution in [0.25, 0.3) is 0 Å². The fraction of sp³-hybridized carbons (Fsp3) is 0.579. The second-order valence-corrected chi connectivity index (χ2v) is 7.31. The molecule has 2 saturated heterocycles. The molecule has 0 aliphatic carbocycles. The van der Waals surface area contributed by atoms with Crippen molar-refractivity contribution >= 4 is 29.9 Å². The first-order valence-corrected chi connectivity index (χ1v) is 9.49. The number of nitrogens with zero attached hydrogens (tertiary/aromatic N) is 1. The minimum absolute atomic E-state index is 0. The fourth-order valence-corrected chi connectivity index (χ4v) is 3.72. The van der Waals surface area contributed by atoms with Crippen LogP contribution in [0.3, 0.4) is 0 Å². The third-order valence-electron chi connectivity index (χ3n) is 5.11. The Morgan fingerprint density at radius 2 is 2.04 bits per heavy atom. The Morgan fingerprint density at radius 1 is 1.21 bits per heavy atom. The van der Waals surface area contributed by atoms with Crippen LogP contribution >= 0.6 is 12.4 Å². The summed E-state index contributed by atoms with van der Waals surface area (Å²) < 4.78 is 26.8. The molecule has 1 aromatic rings. The lowest BCUT2D eigenvalue weighted by Crippen LogP contribution is -2.46. The zero-order valence-electron chi connectivity index (χ0n) is 15.7. The SMILES string of the molecule is Cl.O=C(CN1CCCC(CNC(=O)C2CCCN2)C1)Nc1cc(F)ccc1F. The van der Waals surface area contributed by atoms with Gasteiger partial charge in [-0.1, -0.05) is 0 Å². The Balaban J connectivity index is 0.00000280. The van der Waals surface area contributed by atoms with E-state index in [-0.39, 0.29) is 48.4 Å². The fourth-order valence-electron chi connectivity index (χ4n) is 3.72. The first kappa shape index (κ1) is 22.5. The normalized spacial score (nSPS) is 22.4. The minimum Gasteiger partial charge on any atom is -0.354 e.